The molecule has 0 bridgehead atoms. The molecule has 0 aliphatic heterocycles. The third kappa shape index (κ3) is 2.97. The molecule has 0 radical (unpaired) electrons. The molecule has 4 heteroatoms. The van der Waals surface area contributed by atoms with Gasteiger partial charge in [-0.15, -0.1) is 0 Å². The van der Waals surface area contributed by atoms with Gasteiger partial charge >= 0.3 is 5.97 Å². The SMILES string of the molecule is CC1(CNCC(C)(O)C(=O)O)CC1. The Balaban J connectivity index is 2.21. The van der Waals surface area contributed by atoms with Gasteiger partial charge in [0.1, 0.15) is 0 Å². The summed E-state index contributed by atoms with van der Waals surface area (Å²) < 4.78 is 0. The van der Waals surface area contributed by atoms with Crippen LogP contribution in [0.4, 0.5) is 0 Å². The molecule has 0 saturated heterocycles. The lowest BCUT2D eigenvalue weighted by molar-refractivity contribution is -0.156. The van der Waals surface area contributed by atoms with E-state index in [1.807, 2.05) is 0 Å². The van der Waals surface area contributed by atoms with Crippen LogP contribution < -0.4 is 5.32 Å². The summed E-state index contributed by atoms with van der Waals surface area (Å²) in [6.45, 7) is 4.35. The van der Waals surface area contributed by atoms with Crippen molar-refractivity contribution in [1.29, 1.82) is 0 Å². The third-order valence-electron chi connectivity index (χ3n) is 2.59. The largest absolute Gasteiger partial charge is 0.479 e. The summed E-state index contributed by atoms with van der Waals surface area (Å²) in [5, 5.41) is 20.9. The Bertz CT molecular complexity index is 209. The lowest BCUT2D eigenvalue weighted by atomic mass is 10.1. The summed E-state index contributed by atoms with van der Waals surface area (Å²) in [4.78, 5) is 10.5. The molecule has 13 heavy (non-hydrogen) atoms. The van der Waals surface area contributed by atoms with E-state index in [1.54, 1.807) is 0 Å². The minimum Gasteiger partial charge on any atom is -0.479 e. The Kier molecular flexibility index (Phi) is 2.63. The molecule has 1 aliphatic rings. The maximum Gasteiger partial charge on any atom is 0.336 e. The Morgan fingerprint density at radius 2 is 2.15 bits per heavy atom. The monoisotopic (exact) mass is 187 g/mol. The van der Waals surface area contributed by atoms with E-state index in [1.165, 1.54) is 19.8 Å². The Labute approximate surface area is 78.0 Å². The van der Waals surface area contributed by atoms with Crippen LogP contribution in [0, 0.1) is 5.41 Å². The molecule has 4 nitrogen and oxygen atoms in total. The van der Waals surface area contributed by atoms with Crippen molar-refractivity contribution in [2.45, 2.75) is 32.3 Å². The Morgan fingerprint density at radius 1 is 1.62 bits per heavy atom. The first-order chi connectivity index (χ1) is 5.86. The maximum absolute atomic E-state index is 10.5. The molecule has 1 aliphatic carbocycles. The molecule has 1 unspecified atom stereocenters. The van der Waals surface area contributed by atoms with E-state index in [0.29, 0.717) is 5.41 Å². The number of hydrogen-bond acceptors (Lipinski definition) is 3. The van der Waals surface area contributed by atoms with Crippen LogP contribution in [0.5, 0.6) is 0 Å². The topological polar surface area (TPSA) is 69.6 Å². The number of carboxylic acids is 1. The number of aliphatic carboxylic acids is 1. The summed E-state index contributed by atoms with van der Waals surface area (Å²) in [5.41, 5.74) is -1.31. The Hall–Kier alpha value is -0.610. The number of hydrogen-bond donors (Lipinski definition) is 3. The second-order valence-corrected chi connectivity index (χ2v) is 4.49. The van der Waals surface area contributed by atoms with Crippen molar-refractivity contribution >= 4 is 5.97 Å². The van der Waals surface area contributed by atoms with Crippen molar-refractivity contribution in [2.24, 2.45) is 5.41 Å². The van der Waals surface area contributed by atoms with Crippen molar-refractivity contribution in [3.8, 4) is 0 Å². The maximum atomic E-state index is 10.5. The van der Waals surface area contributed by atoms with Gasteiger partial charge in [0.25, 0.3) is 0 Å². The van der Waals surface area contributed by atoms with Gasteiger partial charge in [-0.2, -0.15) is 0 Å². The highest BCUT2D eigenvalue weighted by Crippen LogP contribution is 2.44. The molecular weight excluding hydrogens is 170 g/mol. The average molecular weight is 187 g/mol. The fraction of sp³-hybridized carbons (Fsp3) is 0.889. The van der Waals surface area contributed by atoms with Gasteiger partial charge in [0, 0.05) is 13.1 Å². The van der Waals surface area contributed by atoms with E-state index in [-0.39, 0.29) is 6.54 Å². The van der Waals surface area contributed by atoms with Gasteiger partial charge in [-0.1, -0.05) is 6.92 Å². The molecule has 0 amide bonds. The summed E-state index contributed by atoms with van der Waals surface area (Å²) in [7, 11) is 0. The van der Waals surface area contributed by atoms with Gasteiger partial charge in [-0.25, -0.2) is 4.79 Å². The fourth-order valence-corrected chi connectivity index (χ4v) is 1.07. The number of rotatable bonds is 5. The van der Waals surface area contributed by atoms with Crippen LogP contribution >= 0.6 is 0 Å². The quantitative estimate of drug-likeness (QED) is 0.575. The molecule has 1 fully saturated rings. The number of aliphatic hydroxyl groups is 1. The molecule has 1 atom stereocenters. The number of carbonyl (C=O) groups is 1. The summed E-state index contributed by atoms with van der Waals surface area (Å²) >= 11 is 0. The van der Waals surface area contributed by atoms with Crippen LogP contribution in [0.15, 0.2) is 0 Å². The first-order valence-corrected chi connectivity index (χ1v) is 4.52. The first kappa shape index (κ1) is 10.5. The Morgan fingerprint density at radius 3 is 2.54 bits per heavy atom. The second kappa shape index (κ2) is 3.27. The van der Waals surface area contributed by atoms with Gasteiger partial charge in [0.2, 0.25) is 0 Å². The molecular formula is C9H17NO3. The average Bonchev–Trinajstić information content (AvgIpc) is 2.67. The smallest absolute Gasteiger partial charge is 0.336 e. The lowest BCUT2D eigenvalue weighted by Gasteiger charge is -2.19. The summed E-state index contributed by atoms with van der Waals surface area (Å²) in [6.07, 6.45) is 2.38. The van der Waals surface area contributed by atoms with Crippen LogP contribution in [-0.4, -0.2) is 34.9 Å². The molecule has 1 saturated carbocycles. The highest BCUT2D eigenvalue weighted by Gasteiger charge is 2.38. The predicted molar refractivity (Wildman–Crippen MR) is 48.5 cm³/mol. The van der Waals surface area contributed by atoms with Crippen molar-refractivity contribution in [3.05, 3.63) is 0 Å². The van der Waals surface area contributed by atoms with Crippen LogP contribution in [0.1, 0.15) is 26.7 Å². The van der Waals surface area contributed by atoms with Gasteiger partial charge in [0.05, 0.1) is 0 Å². The van der Waals surface area contributed by atoms with Crippen molar-refractivity contribution in [3.63, 3.8) is 0 Å². The molecule has 0 aromatic rings. The molecule has 1 rings (SSSR count). The molecule has 76 valence electrons. The van der Waals surface area contributed by atoms with E-state index < -0.39 is 11.6 Å². The van der Waals surface area contributed by atoms with Gasteiger partial charge in [-0.3, -0.25) is 0 Å². The van der Waals surface area contributed by atoms with E-state index in [9.17, 15) is 9.90 Å². The fourth-order valence-electron chi connectivity index (χ4n) is 1.07. The highest BCUT2D eigenvalue weighted by molar-refractivity contribution is 5.76. The summed E-state index contributed by atoms with van der Waals surface area (Å²) in [6, 6.07) is 0. The van der Waals surface area contributed by atoms with Crippen molar-refractivity contribution in [2.75, 3.05) is 13.1 Å². The van der Waals surface area contributed by atoms with E-state index in [0.717, 1.165) is 6.54 Å². The van der Waals surface area contributed by atoms with Gasteiger partial charge in [-0.05, 0) is 25.2 Å². The van der Waals surface area contributed by atoms with Crippen molar-refractivity contribution < 1.29 is 15.0 Å². The lowest BCUT2D eigenvalue weighted by Crippen LogP contribution is -2.45. The number of nitrogens with one attached hydrogen (secondary N) is 1. The van der Waals surface area contributed by atoms with Crippen LogP contribution in [0.2, 0.25) is 0 Å². The van der Waals surface area contributed by atoms with E-state index in [2.05, 4.69) is 12.2 Å². The molecule has 0 aromatic carbocycles. The standard InChI is InChI=1S/C9H17NO3/c1-8(3-4-8)5-10-6-9(2,13)7(11)12/h10,13H,3-6H2,1-2H3,(H,11,12). The highest BCUT2D eigenvalue weighted by atomic mass is 16.4. The normalized spacial score (nSPS) is 23.6. The second-order valence-electron chi connectivity index (χ2n) is 4.49. The first-order valence-electron chi connectivity index (χ1n) is 4.52. The van der Waals surface area contributed by atoms with E-state index >= 15 is 0 Å². The third-order valence-corrected chi connectivity index (χ3v) is 2.59. The minimum atomic E-state index is -1.65. The predicted octanol–water partition coefficient (Wildman–Crippen LogP) is 0.212. The zero-order valence-electron chi connectivity index (χ0n) is 8.13. The van der Waals surface area contributed by atoms with Gasteiger partial charge in [0.15, 0.2) is 5.60 Å². The zero-order chi connectivity index (χ0) is 10.1. The summed E-state index contributed by atoms with van der Waals surface area (Å²) in [5.74, 6) is -1.18. The van der Waals surface area contributed by atoms with E-state index in [4.69, 9.17) is 5.11 Å². The van der Waals surface area contributed by atoms with Crippen LogP contribution in [-0.2, 0) is 4.79 Å². The van der Waals surface area contributed by atoms with Crippen LogP contribution in [0.3, 0.4) is 0 Å². The molecule has 0 spiro atoms. The molecule has 0 heterocycles. The van der Waals surface area contributed by atoms with Gasteiger partial charge < -0.3 is 15.5 Å². The molecule has 0 aromatic heterocycles. The number of carboxylic acid groups (broad SMARTS) is 1. The molecule has 3 N–H and O–H groups in total. The minimum absolute atomic E-state index is 0.109. The van der Waals surface area contributed by atoms with Crippen molar-refractivity contribution in [1.82, 2.24) is 5.32 Å². The zero-order valence-corrected chi connectivity index (χ0v) is 8.13. The van der Waals surface area contributed by atoms with Crippen LogP contribution in [0.25, 0.3) is 0 Å².